The van der Waals surface area contributed by atoms with Crippen LogP contribution in [0.4, 0.5) is 0 Å². The van der Waals surface area contributed by atoms with E-state index < -0.39 is 33.4 Å². The van der Waals surface area contributed by atoms with Crippen LogP contribution in [0.2, 0.25) is 0 Å². The van der Waals surface area contributed by atoms with Crippen LogP contribution < -0.4 is 0 Å². The number of benzene rings is 1. The first-order chi connectivity index (χ1) is 11.0. The van der Waals surface area contributed by atoms with Crippen molar-refractivity contribution in [2.24, 2.45) is 0 Å². The molecule has 0 radical (unpaired) electrons. The van der Waals surface area contributed by atoms with Crippen molar-refractivity contribution in [3.8, 4) is 0 Å². The Kier molecular flexibility index (Phi) is 4.64. The molecule has 0 fully saturated rings. The minimum atomic E-state index is -2.74. The predicted molar refractivity (Wildman–Crippen MR) is 75.5 cm³/mol. The SMILES string of the molecule is O=C(CCC(c1ccnnn1)([N+](=O)[O-])[N+](=O)[O-])c1ccccc1. The molecule has 1 aromatic carbocycles. The first-order valence-corrected chi connectivity index (χ1v) is 6.50. The van der Waals surface area contributed by atoms with Gasteiger partial charge < -0.3 is 0 Å². The van der Waals surface area contributed by atoms with Crippen LogP contribution in [-0.4, -0.2) is 31.0 Å². The number of aromatic nitrogens is 3. The fourth-order valence-corrected chi connectivity index (χ4v) is 2.08. The van der Waals surface area contributed by atoms with Crippen molar-refractivity contribution >= 4 is 5.78 Å². The number of carbonyl (C=O) groups is 1. The molecule has 118 valence electrons. The van der Waals surface area contributed by atoms with E-state index in [0.29, 0.717) is 5.56 Å². The van der Waals surface area contributed by atoms with E-state index >= 15 is 0 Å². The highest BCUT2D eigenvalue weighted by Crippen LogP contribution is 2.29. The standard InChI is InChI=1S/C13H11N5O5/c19-11(10-4-2-1-3-5-10)6-8-13(17(20)21,18(22)23)12-7-9-14-16-15-12/h1-5,7,9H,6,8H2. The smallest absolute Gasteiger partial charge is 0.294 e. The van der Waals surface area contributed by atoms with Crippen molar-refractivity contribution in [1.29, 1.82) is 0 Å². The minimum Gasteiger partial charge on any atom is -0.294 e. The number of hydrogen-bond acceptors (Lipinski definition) is 8. The molecule has 1 aromatic heterocycles. The second-order valence-electron chi connectivity index (χ2n) is 4.63. The maximum atomic E-state index is 12.1. The van der Waals surface area contributed by atoms with Crippen molar-refractivity contribution in [3.05, 3.63) is 74.1 Å². The lowest BCUT2D eigenvalue weighted by Crippen LogP contribution is -2.44. The Balaban J connectivity index is 2.31. The van der Waals surface area contributed by atoms with Gasteiger partial charge in [-0.25, -0.2) is 0 Å². The Morgan fingerprint density at radius 2 is 1.74 bits per heavy atom. The van der Waals surface area contributed by atoms with Gasteiger partial charge in [0.15, 0.2) is 5.78 Å². The summed E-state index contributed by atoms with van der Waals surface area (Å²) in [6.45, 7) is 0. The minimum absolute atomic E-state index is 0.328. The highest BCUT2D eigenvalue weighted by molar-refractivity contribution is 5.95. The molecule has 23 heavy (non-hydrogen) atoms. The van der Waals surface area contributed by atoms with Gasteiger partial charge in [-0.1, -0.05) is 30.3 Å². The number of hydrogen-bond donors (Lipinski definition) is 0. The van der Waals surface area contributed by atoms with E-state index in [1.54, 1.807) is 18.2 Å². The Hall–Kier alpha value is -3.30. The van der Waals surface area contributed by atoms with Crippen LogP contribution in [0.25, 0.3) is 0 Å². The average Bonchev–Trinajstić information content (AvgIpc) is 2.56. The second kappa shape index (κ2) is 6.64. The Morgan fingerprint density at radius 3 is 2.26 bits per heavy atom. The fraction of sp³-hybridized carbons (Fsp3) is 0.231. The molecule has 0 unspecified atom stereocenters. The lowest BCUT2D eigenvalue weighted by molar-refractivity contribution is -0.812. The van der Waals surface area contributed by atoms with Crippen LogP contribution in [0.3, 0.4) is 0 Å². The van der Waals surface area contributed by atoms with E-state index in [4.69, 9.17) is 0 Å². The molecule has 0 atom stereocenters. The van der Waals surface area contributed by atoms with E-state index in [9.17, 15) is 25.0 Å². The van der Waals surface area contributed by atoms with E-state index in [1.165, 1.54) is 12.1 Å². The van der Waals surface area contributed by atoms with E-state index in [2.05, 4.69) is 15.4 Å². The summed E-state index contributed by atoms with van der Waals surface area (Å²) in [5, 5.41) is 32.7. The first kappa shape index (κ1) is 16.1. The molecule has 0 bridgehead atoms. The third-order valence-corrected chi connectivity index (χ3v) is 3.31. The van der Waals surface area contributed by atoms with Crippen LogP contribution >= 0.6 is 0 Å². The molecular weight excluding hydrogens is 306 g/mol. The van der Waals surface area contributed by atoms with Gasteiger partial charge in [-0.3, -0.25) is 25.0 Å². The van der Waals surface area contributed by atoms with Gasteiger partial charge in [-0.2, -0.15) is 0 Å². The summed E-state index contributed by atoms with van der Waals surface area (Å²) in [5.74, 6) is -0.430. The van der Waals surface area contributed by atoms with Gasteiger partial charge in [0.05, 0.1) is 6.20 Å². The molecule has 0 spiro atoms. The number of nitro groups is 2. The summed E-state index contributed by atoms with van der Waals surface area (Å²) in [6, 6.07) is 9.10. The molecule has 0 saturated heterocycles. The summed E-state index contributed by atoms with van der Waals surface area (Å²) in [5.41, 5.74) is -2.88. The molecule has 0 N–H and O–H groups in total. The summed E-state index contributed by atoms with van der Waals surface area (Å²) in [7, 11) is 0. The largest absolute Gasteiger partial charge is 0.502 e. The lowest BCUT2D eigenvalue weighted by atomic mass is 9.97. The normalized spacial score (nSPS) is 11.0. The van der Waals surface area contributed by atoms with Crippen molar-refractivity contribution in [2.75, 3.05) is 0 Å². The van der Waals surface area contributed by atoms with Gasteiger partial charge in [-0.15, -0.1) is 10.2 Å². The average molecular weight is 317 g/mol. The molecule has 0 aliphatic rings. The summed E-state index contributed by atoms with van der Waals surface area (Å²) >= 11 is 0. The van der Waals surface area contributed by atoms with Crippen LogP contribution in [0, 0.1) is 20.2 Å². The van der Waals surface area contributed by atoms with Crippen molar-refractivity contribution in [1.82, 2.24) is 15.4 Å². The number of carbonyl (C=O) groups excluding carboxylic acids is 1. The van der Waals surface area contributed by atoms with E-state index in [1.807, 2.05) is 0 Å². The zero-order chi connectivity index (χ0) is 16.9. The molecule has 10 heteroatoms. The Bertz CT molecular complexity index is 708. The van der Waals surface area contributed by atoms with Crippen LogP contribution in [-0.2, 0) is 5.66 Å². The summed E-state index contributed by atoms with van der Waals surface area (Å²) in [6.07, 6.45) is 0.0541. The van der Waals surface area contributed by atoms with Crippen LogP contribution in [0.5, 0.6) is 0 Å². The van der Waals surface area contributed by atoms with Gasteiger partial charge in [0.2, 0.25) is 5.69 Å². The zero-order valence-electron chi connectivity index (χ0n) is 11.7. The third-order valence-electron chi connectivity index (χ3n) is 3.31. The maximum Gasteiger partial charge on any atom is 0.502 e. The van der Waals surface area contributed by atoms with Crippen molar-refractivity contribution in [2.45, 2.75) is 18.5 Å². The lowest BCUT2D eigenvalue weighted by Gasteiger charge is -2.15. The molecule has 0 aliphatic carbocycles. The molecule has 0 amide bonds. The number of ketones is 1. The van der Waals surface area contributed by atoms with Gasteiger partial charge in [-0.05, 0) is 11.3 Å². The monoisotopic (exact) mass is 317 g/mol. The summed E-state index contributed by atoms with van der Waals surface area (Å²) in [4.78, 5) is 32.7. The van der Waals surface area contributed by atoms with E-state index in [0.717, 1.165) is 12.3 Å². The Morgan fingerprint density at radius 1 is 1.09 bits per heavy atom. The highest BCUT2D eigenvalue weighted by Gasteiger charge is 2.59. The van der Waals surface area contributed by atoms with Gasteiger partial charge >= 0.3 is 5.66 Å². The van der Waals surface area contributed by atoms with Crippen molar-refractivity contribution < 1.29 is 14.6 Å². The second-order valence-corrected chi connectivity index (χ2v) is 4.63. The van der Waals surface area contributed by atoms with Crippen LogP contribution in [0.1, 0.15) is 28.9 Å². The van der Waals surface area contributed by atoms with Gasteiger partial charge in [0, 0.05) is 12.0 Å². The number of nitrogens with zero attached hydrogens (tertiary/aromatic N) is 5. The number of rotatable bonds is 7. The maximum absolute atomic E-state index is 12.1. The first-order valence-electron chi connectivity index (χ1n) is 6.50. The molecular formula is C13H11N5O5. The molecule has 0 saturated carbocycles. The Labute approximate surface area is 129 Å². The quantitative estimate of drug-likeness (QED) is 0.321. The van der Waals surface area contributed by atoms with Crippen LogP contribution in [0.15, 0.2) is 42.6 Å². The molecule has 0 aliphatic heterocycles. The molecule has 2 aromatic rings. The van der Waals surface area contributed by atoms with Gasteiger partial charge in [0.1, 0.15) is 16.3 Å². The molecule has 2 rings (SSSR count). The molecule has 1 heterocycles. The van der Waals surface area contributed by atoms with Gasteiger partial charge in [0.25, 0.3) is 0 Å². The molecule has 10 nitrogen and oxygen atoms in total. The summed E-state index contributed by atoms with van der Waals surface area (Å²) < 4.78 is 0. The van der Waals surface area contributed by atoms with Crippen molar-refractivity contribution in [3.63, 3.8) is 0 Å². The topological polar surface area (TPSA) is 142 Å². The predicted octanol–water partition coefficient (Wildman–Crippen LogP) is 1.24. The number of Topliss-reactive ketones (excluding diaryl/α,β-unsaturated/α-hetero) is 1. The van der Waals surface area contributed by atoms with E-state index in [-0.39, 0.29) is 6.42 Å². The highest BCUT2D eigenvalue weighted by atomic mass is 16.7. The zero-order valence-corrected chi connectivity index (χ0v) is 11.7. The fourth-order valence-electron chi connectivity index (χ4n) is 2.08. The third kappa shape index (κ3) is 3.15.